The number of carbonyl (C=O) groups excluding carboxylic acids is 1. The van der Waals surface area contributed by atoms with Gasteiger partial charge in [0.2, 0.25) is 0 Å². The van der Waals surface area contributed by atoms with Gasteiger partial charge in [-0.15, -0.1) is 11.3 Å². The predicted octanol–water partition coefficient (Wildman–Crippen LogP) is 4.05. The Balaban J connectivity index is 1.80. The zero-order chi connectivity index (χ0) is 24.9. The van der Waals surface area contributed by atoms with Crippen molar-refractivity contribution in [1.29, 1.82) is 0 Å². The van der Waals surface area contributed by atoms with Crippen molar-refractivity contribution in [2.24, 2.45) is 4.99 Å². The minimum atomic E-state index is -0.573. The van der Waals surface area contributed by atoms with Gasteiger partial charge in [-0.1, -0.05) is 36.8 Å². The van der Waals surface area contributed by atoms with Crippen LogP contribution in [0.15, 0.2) is 56.8 Å². The molecule has 0 unspecified atom stereocenters. The third kappa shape index (κ3) is 5.11. The van der Waals surface area contributed by atoms with Crippen LogP contribution in [0.4, 0.5) is 0 Å². The number of nitrogens with zero attached hydrogens (tertiary/aromatic N) is 2. The van der Waals surface area contributed by atoms with Crippen LogP contribution in [-0.2, 0) is 9.53 Å². The summed E-state index contributed by atoms with van der Waals surface area (Å²) in [4.78, 5) is 32.5. The Kier molecular flexibility index (Phi) is 7.87. The summed E-state index contributed by atoms with van der Waals surface area (Å²) in [6.45, 7) is 6.52. The fourth-order valence-corrected chi connectivity index (χ4v) is 5.75. The molecule has 0 amide bonds. The van der Waals surface area contributed by atoms with E-state index in [2.05, 4.69) is 11.9 Å². The molecule has 9 heteroatoms. The number of fused-ring (bicyclic) bond motifs is 1. The van der Waals surface area contributed by atoms with Gasteiger partial charge in [0.15, 0.2) is 16.3 Å². The monoisotopic (exact) mass is 512 g/mol. The summed E-state index contributed by atoms with van der Waals surface area (Å²) in [6.07, 6.45) is 3.83. The maximum absolute atomic E-state index is 13.6. The molecule has 3 aromatic rings. The van der Waals surface area contributed by atoms with Crippen molar-refractivity contribution in [2.45, 2.75) is 39.7 Å². The second kappa shape index (κ2) is 11.0. The Bertz CT molecular complexity index is 1420. The van der Waals surface area contributed by atoms with Gasteiger partial charge in [-0.25, -0.2) is 9.79 Å². The van der Waals surface area contributed by atoms with Gasteiger partial charge in [0.25, 0.3) is 5.56 Å². The largest absolute Gasteiger partial charge is 0.493 e. The lowest BCUT2D eigenvalue weighted by Crippen LogP contribution is -2.39. The molecule has 1 aromatic carbocycles. The number of hydrogen-bond acceptors (Lipinski definition) is 8. The number of rotatable bonds is 9. The van der Waals surface area contributed by atoms with E-state index in [4.69, 9.17) is 14.2 Å². The highest BCUT2D eigenvalue weighted by atomic mass is 32.1. The summed E-state index contributed by atoms with van der Waals surface area (Å²) >= 11 is 2.79. The zero-order valence-electron chi connectivity index (χ0n) is 20.2. The topological polar surface area (TPSA) is 79.1 Å². The van der Waals surface area contributed by atoms with Crippen LogP contribution in [0.2, 0.25) is 0 Å². The molecule has 0 spiro atoms. The average molecular weight is 513 g/mol. The lowest BCUT2D eigenvalue weighted by Gasteiger charge is -2.23. The van der Waals surface area contributed by atoms with Gasteiger partial charge >= 0.3 is 5.97 Å². The first-order chi connectivity index (χ1) is 17.0. The molecule has 0 fully saturated rings. The van der Waals surface area contributed by atoms with Crippen LogP contribution in [-0.4, -0.2) is 30.9 Å². The molecule has 1 atom stereocenters. The number of unbranched alkanes of at least 4 members (excludes halogenated alkanes) is 1. The maximum Gasteiger partial charge on any atom is 0.338 e. The van der Waals surface area contributed by atoms with Crippen molar-refractivity contribution in [3.8, 4) is 11.5 Å². The number of aromatic nitrogens is 1. The SMILES string of the molecule is CCCCOc1ccc(/C=c2\sc3n(c2=O)[C@@H](c2cccs2)C(C(=O)OCC)=C(C)N=3)cc1OC. The first-order valence-corrected chi connectivity index (χ1v) is 13.2. The second-order valence-corrected chi connectivity index (χ2v) is 9.92. The van der Waals surface area contributed by atoms with Crippen molar-refractivity contribution in [2.75, 3.05) is 20.3 Å². The molecule has 0 saturated carbocycles. The number of benzene rings is 1. The number of esters is 1. The van der Waals surface area contributed by atoms with Gasteiger partial charge in [-0.3, -0.25) is 9.36 Å². The minimum Gasteiger partial charge on any atom is -0.493 e. The molecule has 2 aromatic heterocycles. The lowest BCUT2D eigenvalue weighted by molar-refractivity contribution is -0.139. The molecule has 184 valence electrons. The second-order valence-electron chi connectivity index (χ2n) is 7.93. The van der Waals surface area contributed by atoms with E-state index in [-0.39, 0.29) is 12.2 Å². The van der Waals surface area contributed by atoms with Gasteiger partial charge in [0, 0.05) is 4.88 Å². The third-order valence-corrected chi connectivity index (χ3v) is 7.48. The molecule has 4 rings (SSSR count). The third-order valence-electron chi connectivity index (χ3n) is 5.57. The Hall–Kier alpha value is -3.17. The fraction of sp³-hybridized carbons (Fsp3) is 0.346. The molecule has 0 saturated heterocycles. The van der Waals surface area contributed by atoms with Crippen molar-refractivity contribution < 1.29 is 19.0 Å². The molecule has 0 N–H and O–H groups in total. The van der Waals surface area contributed by atoms with Crippen LogP contribution < -0.4 is 24.4 Å². The molecule has 0 radical (unpaired) electrons. The summed E-state index contributed by atoms with van der Waals surface area (Å²) in [7, 11) is 1.60. The van der Waals surface area contributed by atoms with E-state index in [1.807, 2.05) is 41.8 Å². The summed E-state index contributed by atoms with van der Waals surface area (Å²) in [5.74, 6) is 0.830. The van der Waals surface area contributed by atoms with Gasteiger partial charge in [-0.05, 0) is 55.5 Å². The van der Waals surface area contributed by atoms with Crippen LogP contribution in [0.25, 0.3) is 6.08 Å². The van der Waals surface area contributed by atoms with Crippen LogP contribution in [0.1, 0.15) is 50.1 Å². The quantitative estimate of drug-likeness (QED) is 0.319. The lowest BCUT2D eigenvalue weighted by atomic mass is 10.0. The van der Waals surface area contributed by atoms with Crippen molar-refractivity contribution >= 4 is 34.7 Å². The highest BCUT2D eigenvalue weighted by Gasteiger charge is 2.33. The number of ether oxygens (including phenoxy) is 3. The molecule has 7 nitrogen and oxygen atoms in total. The molecule has 3 heterocycles. The number of methoxy groups -OCH3 is 1. The highest BCUT2D eigenvalue weighted by molar-refractivity contribution is 7.10. The van der Waals surface area contributed by atoms with Crippen molar-refractivity contribution in [3.63, 3.8) is 0 Å². The van der Waals surface area contributed by atoms with Crippen LogP contribution >= 0.6 is 22.7 Å². The van der Waals surface area contributed by atoms with Gasteiger partial charge in [0.1, 0.15) is 6.04 Å². The van der Waals surface area contributed by atoms with E-state index in [0.717, 1.165) is 23.3 Å². The van der Waals surface area contributed by atoms with Crippen molar-refractivity contribution in [1.82, 2.24) is 4.57 Å². The van der Waals surface area contributed by atoms with Gasteiger partial charge in [0.05, 0.1) is 36.1 Å². The fourth-order valence-electron chi connectivity index (χ4n) is 3.88. The Morgan fingerprint density at radius 1 is 1.23 bits per heavy atom. The molecule has 35 heavy (non-hydrogen) atoms. The first-order valence-electron chi connectivity index (χ1n) is 11.5. The molecular weight excluding hydrogens is 484 g/mol. The van der Waals surface area contributed by atoms with Gasteiger partial charge in [-0.2, -0.15) is 0 Å². The zero-order valence-corrected chi connectivity index (χ0v) is 21.8. The van der Waals surface area contributed by atoms with E-state index >= 15 is 0 Å². The van der Waals surface area contributed by atoms with E-state index < -0.39 is 12.0 Å². The molecule has 0 aliphatic carbocycles. The number of thiazole rings is 1. The number of carbonyl (C=O) groups is 1. The van der Waals surface area contributed by atoms with Crippen LogP contribution in [0.5, 0.6) is 11.5 Å². The molecule has 1 aliphatic rings. The molecule has 0 bridgehead atoms. The molecule has 1 aliphatic heterocycles. The van der Waals surface area contributed by atoms with E-state index in [1.165, 1.54) is 22.7 Å². The van der Waals surface area contributed by atoms with Gasteiger partial charge < -0.3 is 14.2 Å². The van der Waals surface area contributed by atoms with E-state index in [9.17, 15) is 9.59 Å². The van der Waals surface area contributed by atoms with E-state index in [0.29, 0.717) is 38.7 Å². The Morgan fingerprint density at radius 3 is 2.74 bits per heavy atom. The minimum absolute atomic E-state index is 0.205. The Morgan fingerprint density at radius 2 is 2.06 bits per heavy atom. The molecular formula is C26H28N2O5S2. The smallest absolute Gasteiger partial charge is 0.338 e. The van der Waals surface area contributed by atoms with Crippen molar-refractivity contribution in [3.05, 3.63) is 77.1 Å². The summed E-state index contributed by atoms with van der Waals surface area (Å²) in [5.41, 5.74) is 1.56. The highest BCUT2D eigenvalue weighted by Crippen LogP contribution is 2.33. The number of allylic oxidation sites excluding steroid dienone is 1. The first kappa shape index (κ1) is 24.9. The maximum atomic E-state index is 13.6. The van der Waals surface area contributed by atoms with E-state index in [1.54, 1.807) is 25.5 Å². The predicted molar refractivity (Wildman–Crippen MR) is 138 cm³/mol. The number of thiophene rings is 1. The average Bonchev–Trinajstić information content (AvgIpc) is 3.48. The summed E-state index contributed by atoms with van der Waals surface area (Å²) in [6, 6.07) is 8.86. The van der Waals surface area contributed by atoms with Crippen LogP contribution in [0.3, 0.4) is 0 Å². The number of hydrogen-bond donors (Lipinski definition) is 0. The summed E-state index contributed by atoms with van der Waals surface area (Å²) < 4.78 is 18.8. The Labute approximate surface area is 211 Å². The normalized spacial score (nSPS) is 15.5. The van der Waals surface area contributed by atoms with Crippen LogP contribution in [0, 0.1) is 0 Å². The summed E-state index contributed by atoms with van der Waals surface area (Å²) in [5, 5.41) is 1.93. The standard InChI is InChI=1S/C26H28N2O5S2/c1-5-7-12-33-18-11-10-17(14-19(18)31-4)15-21-24(29)28-23(20-9-8-13-34-20)22(25(30)32-6-2)16(3)27-26(28)35-21/h8-11,13-15,23H,5-7,12H2,1-4H3/b21-15-/t23-/m0/s1.